The molecule has 0 aliphatic heterocycles. The summed E-state index contributed by atoms with van der Waals surface area (Å²) in [4.78, 5) is 24.1. The van der Waals surface area contributed by atoms with Gasteiger partial charge in [0, 0.05) is 18.1 Å². The number of amides is 2. The highest BCUT2D eigenvalue weighted by molar-refractivity contribution is 6.33. The van der Waals surface area contributed by atoms with Gasteiger partial charge in [-0.25, -0.2) is 4.39 Å². The van der Waals surface area contributed by atoms with Gasteiger partial charge in [0.05, 0.1) is 23.3 Å². The number of carbonyl (C=O) groups is 2. The fourth-order valence-electron chi connectivity index (χ4n) is 2.11. The molecule has 2 aromatic rings. The molecule has 0 heterocycles. The van der Waals surface area contributed by atoms with E-state index >= 15 is 0 Å². The van der Waals surface area contributed by atoms with Crippen molar-refractivity contribution in [2.45, 2.75) is 0 Å². The molecule has 0 aromatic heterocycles. The van der Waals surface area contributed by atoms with Crippen LogP contribution in [0.3, 0.4) is 0 Å². The number of hydrogen-bond acceptors (Lipinski definition) is 3. The van der Waals surface area contributed by atoms with Crippen LogP contribution in [0.4, 0.5) is 4.39 Å². The van der Waals surface area contributed by atoms with Crippen molar-refractivity contribution in [3.63, 3.8) is 0 Å². The standard InChI is InChI=1S/C17H15Cl2FN2O3/c1-25-14-6-5-10(18)9-11(14)16(23)21-7-8-22-17(24)15-12(19)3-2-4-13(15)20/h2-6,9H,7-8H2,1H3,(H,21,23)(H,22,24). The number of rotatable bonds is 6. The molecule has 0 unspecified atom stereocenters. The van der Waals surface area contributed by atoms with Gasteiger partial charge in [0.15, 0.2) is 0 Å². The molecule has 8 heteroatoms. The van der Waals surface area contributed by atoms with E-state index in [0.717, 1.165) is 6.07 Å². The number of ether oxygens (including phenoxy) is 1. The van der Waals surface area contributed by atoms with E-state index in [4.69, 9.17) is 27.9 Å². The number of halogens is 3. The lowest BCUT2D eigenvalue weighted by molar-refractivity contribution is 0.0924. The van der Waals surface area contributed by atoms with Crippen molar-refractivity contribution in [3.05, 3.63) is 63.4 Å². The summed E-state index contributed by atoms with van der Waals surface area (Å²) < 4.78 is 18.7. The Hall–Kier alpha value is -2.31. The zero-order valence-electron chi connectivity index (χ0n) is 13.2. The Bertz CT molecular complexity index is 779. The zero-order chi connectivity index (χ0) is 18.4. The molecule has 25 heavy (non-hydrogen) atoms. The molecule has 5 nitrogen and oxygen atoms in total. The summed E-state index contributed by atoms with van der Waals surface area (Å²) in [5.41, 5.74) is 0.0467. The lowest BCUT2D eigenvalue weighted by Gasteiger charge is -2.11. The Kier molecular flexibility index (Phi) is 6.61. The normalized spacial score (nSPS) is 10.2. The van der Waals surface area contributed by atoms with Crippen LogP contribution < -0.4 is 15.4 Å². The molecule has 0 spiro atoms. The summed E-state index contributed by atoms with van der Waals surface area (Å²) in [7, 11) is 1.44. The topological polar surface area (TPSA) is 67.4 Å². The smallest absolute Gasteiger partial charge is 0.255 e. The fraction of sp³-hybridized carbons (Fsp3) is 0.176. The zero-order valence-corrected chi connectivity index (χ0v) is 14.7. The number of methoxy groups -OCH3 is 1. The highest BCUT2D eigenvalue weighted by Gasteiger charge is 2.16. The van der Waals surface area contributed by atoms with E-state index in [1.54, 1.807) is 12.1 Å². The molecule has 2 N–H and O–H groups in total. The van der Waals surface area contributed by atoms with Crippen molar-refractivity contribution < 1.29 is 18.7 Å². The Labute approximate surface area is 154 Å². The van der Waals surface area contributed by atoms with E-state index in [2.05, 4.69) is 10.6 Å². The predicted molar refractivity (Wildman–Crippen MR) is 94.1 cm³/mol. The van der Waals surface area contributed by atoms with Gasteiger partial charge in [0.1, 0.15) is 11.6 Å². The van der Waals surface area contributed by atoms with E-state index in [9.17, 15) is 14.0 Å². The molecule has 0 atom stereocenters. The van der Waals surface area contributed by atoms with Crippen molar-refractivity contribution in [2.75, 3.05) is 20.2 Å². The monoisotopic (exact) mass is 384 g/mol. The van der Waals surface area contributed by atoms with E-state index in [1.807, 2.05) is 0 Å². The summed E-state index contributed by atoms with van der Waals surface area (Å²) in [5.74, 6) is -1.39. The molecule has 132 valence electrons. The van der Waals surface area contributed by atoms with Gasteiger partial charge >= 0.3 is 0 Å². The maximum atomic E-state index is 13.6. The van der Waals surface area contributed by atoms with Gasteiger partial charge in [-0.1, -0.05) is 29.3 Å². The molecule has 0 saturated heterocycles. The highest BCUT2D eigenvalue weighted by atomic mass is 35.5. The number of hydrogen-bond donors (Lipinski definition) is 2. The maximum Gasteiger partial charge on any atom is 0.255 e. The maximum absolute atomic E-state index is 13.6. The minimum Gasteiger partial charge on any atom is -0.496 e. The molecular weight excluding hydrogens is 370 g/mol. The van der Waals surface area contributed by atoms with Crippen LogP contribution >= 0.6 is 23.2 Å². The molecule has 0 aliphatic rings. The fourth-order valence-corrected chi connectivity index (χ4v) is 2.53. The van der Waals surface area contributed by atoms with Crippen molar-refractivity contribution in [1.29, 1.82) is 0 Å². The Morgan fingerprint density at radius 2 is 1.76 bits per heavy atom. The summed E-state index contributed by atoms with van der Waals surface area (Å²) in [5, 5.41) is 5.53. The van der Waals surface area contributed by atoms with Crippen LogP contribution in [-0.4, -0.2) is 32.0 Å². The number of benzene rings is 2. The first-order valence-corrected chi connectivity index (χ1v) is 8.03. The summed E-state index contributed by atoms with van der Waals surface area (Å²) in [6, 6.07) is 8.65. The van der Waals surface area contributed by atoms with Gasteiger partial charge in [0.25, 0.3) is 11.8 Å². The van der Waals surface area contributed by atoms with Crippen LogP contribution in [0.25, 0.3) is 0 Å². The van der Waals surface area contributed by atoms with Gasteiger partial charge < -0.3 is 15.4 Å². The van der Waals surface area contributed by atoms with E-state index < -0.39 is 17.6 Å². The first-order chi connectivity index (χ1) is 11.9. The van der Waals surface area contributed by atoms with Gasteiger partial charge in [-0.3, -0.25) is 9.59 Å². The summed E-state index contributed by atoms with van der Waals surface area (Å²) >= 11 is 11.7. The molecule has 0 bridgehead atoms. The third-order valence-electron chi connectivity index (χ3n) is 3.29. The first-order valence-electron chi connectivity index (χ1n) is 7.28. The Morgan fingerprint density at radius 1 is 1.08 bits per heavy atom. The van der Waals surface area contributed by atoms with Crippen molar-refractivity contribution in [2.24, 2.45) is 0 Å². The lowest BCUT2D eigenvalue weighted by atomic mass is 10.2. The molecule has 2 rings (SSSR count). The van der Waals surface area contributed by atoms with Gasteiger partial charge in [0.2, 0.25) is 0 Å². The number of nitrogens with one attached hydrogen (secondary N) is 2. The molecular formula is C17H15Cl2FN2O3. The summed E-state index contributed by atoms with van der Waals surface area (Å²) in [6.07, 6.45) is 0. The average molecular weight is 385 g/mol. The van der Waals surface area contributed by atoms with Gasteiger partial charge in [-0.15, -0.1) is 0 Å². The first kappa shape index (κ1) is 19.0. The van der Waals surface area contributed by atoms with E-state index in [-0.39, 0.29) is 29.2 Å². The second-order valence-electron chi connectivity index (χ2n) is 4.95. The second-order valence-corrected chi connectivity index (χ2v) is 5.80. The van der Waals surface area contributed by atoms with E-state index in [0.29, 0.717) is 10.8 Å². The van der Waals surface area contributed by atoms with Crippen molar-refractivity contribution in [3.8, 4) is 5.75 Å². The van der Waals surface area contributed by atoms with Crippen LogP contribution in [0.5, 0.6) is 5.75 Å². The lowest BCUT2D eigenvalue weighted by Crippen LogP contribution is -2.35. The van der Waals surface area contributed by atoms with Crippen LogP contribution in [0, 0.1) is 5.82 Å². The average Bonchev–Trinajstić information content (AvgIpc) is 2.58. The van der Waals surface area contributed by atoms with Gasteiger partial charge in [-0.05, 0) is 30.3 Å². The molecule has 2 aromatic carbocycles. The van der Waals surface area contributed by atoms with Gasteiger partial charge in [-0.2, -0.15) is 0 Å². The summed E-state index contributed by atoms with van der Waals surface area (Å²) in [6.45, 7) is 0.227. The van der Waals surface area contributed by atoms with E-state index in [1.165, 1.54) is 25.3 Å². The highest BCUT2D eigenvalue weighted by Crippen LogP contribution is 2.22. The molecule has 0 aliphatic carbocycles. The SMILES string of the molecule is COc1ccc(Cl)cc1C(=O)NCCNC(=O)c1c(F)cccc1Cl. The second kappa shape index (κ2) is 8.69. The largest absolute Gasteiger partial charge is 0.496 e. The Morgan fingerprint density at radius 3 is 2.40 bits per heavy atom. The van der Waals surface area contributed by atoms with Crippen molar-refractivity contribution >= 4 is 35.0 Å². The van der Waals surface area contributed by atoms with Crippen LogP contribution in [0.1, 0.15) is 20.7 Å². The van der Waals surface area contributed by atoms with Crippen LogP contribution in [0.2, 0.25) is 10.0 Å². The van der Waals surface area contributed by atoms with Crippen LogP contribution in [-0.2, 0) is 0 Å². The number of carbonyl (C=O) groups excluding carboxylic acids is 2. The third kappa shape index (κ3) is 4.84. The minimum atomic E-state index is -0.710. The minimum absolute atomic E-state index is 0.0187. The predicted octanol–water partition coefficient (Wildman–Crippen LogP) is 3.30. The molecule has 0 saturated carbocycles. The quantitative estimate of drug-likeness (QED) is 0.750. The Balaban J connectivity index is 1.90. The van der Waals surface area contributed by atoms with Crippen molar-refractivity contribution in [1.82, 2.24) is 10.6 Å². The molecule has 2 amide bonds. The molecule has 0 fully saturated rings. The third-order valence-corrected chi connectivity index (χ3v) is 3.84. The van der Waals surface area contributed by atoms with Crippen LogP contribution in [0.15, 0.2) is 36.4 Å². The molecule has 0 radical (unpaired) electrons.